The number of amides is 1. The molecule has 0 aliphatic carbocycles. The molecule has 0 spiro atoms. The highest BCUT2D eigenvalue weighted by atomic mass is 32.2. The number of primary amides is 1. The highest BCUT2D eigenvalue weighted by molar-refractivity contribution is 8.14. The maximum absolute atomic E-state index is 11.0. The second-order valence-electron chi connectivity index (χ2n) is 2.56. The lowest BCUT2D eigenvalue weighted by molar-refractivity contribution is -0.112. The molecular weight excluding hydrogens is 204 g/mol. The van der Waals surface area contributed by atoms with E-state index in [-0.39, 0.29) is 11.8 Å². The molecule has 1 rings (SSSR count). The Kier molecular flexibility index (Phi) is 3.75. The third-order valence-electron chi connectivity index (χ3n) is 1.66. The molecule has 0 bridgehead atoms. The molecular formula is C7H12N4O2S. The molecule has 1 amide bonds. The van der Waals surface area contributed by atoms with Crippen molar-refractivity contribution in [2.75, 3.05) is 19.9 Å². The van der Waals surface area contributed by atoms with Crippen molar-refractivity contribution in [3.05, 3.63) is 0 Å². The summed E-state index contributed by atoms with van der Waals surface area (Å²) in [6.07, 6.45) is 0. The molecule has 1 fully saturated rings. The smallest absolute Gasteiger partial charge is 0.268 e. The Balaban J connectivity index is 2.73. The first-order chi connectivity index (χ1) is 6.69. The number of aliphatic imine (C=N–C) groups is 1. The van der Waals surface area contributed by atoms with Crippen molar-refractivity contribution in [3.8, 4) is 0 Å². The van der Waals surface area contributed by atoms with Crippen molar-refractivity contribution in [2.24, 2.45) is 15.9 Å². The van der Waals surface area contributed by atoms with Gasteiger partial charge in [-0.1, -0.05) is 16.9 Å². The summed E-state index contributed by atoms with van der Waals surface area (Å²) >= 11 is 1.52. The minimum atomic E-state index is -0.581. The second kappa shape index (κ2) is 4.85. The van der Waals surface area contributed by atoms with Gasteiger partial charge in [-0.3, -0.25) is 9.79 Å². The van der Waals surface area contributed by atoms with Gasteiger partial charge in [-0.05, 0) is 0 Å². The van der Waals surface area contributed by atoms with Gasteiger partial charge in [0.15, 0.2) is 10.9 Å². The number of rotatable bonds is 3. The summed E-state index contributed by atoms with van der Waals surface area (Å²) < 4.78 is 0. The van der Waals surface area contributed by atoms with Crippen LogP contribution in [0.1, 0.15) is 0 Å². The molecule has 1 heterocycles. The van der Waals surface area contributed by atoms with Gasteiger partial charge in [0.05, 0.1) is 6.04 Å². The van der Waals surface area contributed by atoms with Crippen LogP contribution >= 0.6 is 11.8 Å². The molecule has 1 aliphatic heterocycles. The van der Waals surface area contributed by atoms with E-state index in [4.69, 9.17) is 5.73 Å². The second-order valence-corrected chi connectivity index (χ2v) is 3.57. The number of carbonyl (C=O) groups is 1. The number of carbonyl (C=O) groups excluding carboxylic acids is 1. The van der Waals surface area contributed by atoms with E-state index in [1.54, 1.807) is 7.05 Å². The van der Waals surface area contributed by atoms with Gasteiger partial charge in [0.2, 0.25) is 0 Å². The van der Waals surface area contributed by atoms with E-state index < -0.39 is 5.91 Å². The van der Waals surface area contributed by atoms with E-state index in [1.165, 1.54) is 18.9 Å². The highest BCUT2D eigenvalue weighted by Crippen LogP contribution is 2.14. The summed E-state index contributed by atoms with van der Waals surface area (Å²) in [5.74, 6) is 0.0972. The number of amidine groups is 1. The van der Waals surface area contributed by atoms with E-state index in [2.05, 4.69) is 20.3 Å². The summed E-state index contributed by atoms with van der Waals surface area (Å²) in [7, 11) is 3.05. The van der Waals surface area contributed by atoms with Crippen LogP contribution in [-0.4, -0.2) is 42.7 Å². The number of thioether (sulfide) groups is 1. The first-order valence-electron chi connectivity index (χ1n) is 3.96. The zero-order valence-corrected chi connectivity index (χ0v) is 8.80. The third kappa shape index (κ3) is 2.38. The Hall–Kier alpha value is -1.24. The van der Waals surface area contributed by atoms with E-state index in [0.717, 1.165) is 5.17 Å². The van der Waals surface area contributed by atoms with Gasteiger partial charge in [-0.25, -0.2) is 0 Å². The molecule has 3 N–H and O–H groups in total. The van der Waals surface area contributed by atoms with Gasteiger partial charge in [-0.15, -0.1) is 0 Å². The molecule has 7 heteroatoms. The standard InChI is InChI=1S/C7H12N4O2S/c1-9-7-10-4(3-14-7)5(6(8)12)11-13-2/h4H,3H2,1-2H3,(H2,8,12)(H,9,10)/b11-5-. The lowest BCUT2D eigenvalue weighted by Crippen LogP contribution is -2.42. The number of hydrogen-bond donors (Lipinski definition) is 2. The minimum absolute atomic E-state index is 0.193. The predicted molar refractivity (Wildman–Crippen MR) is 56.4 cm³/mol. The van der Waals surface area contributed by atoms with Gasteiger partial charge in [0, 0.05) is 12.8 Å². The van der Waals surface area contributed by atoms with Gasteiger partial charge in [-0.2, -0.15) is 0 Å². The first-order valence-corrected chi connectivity index (χ1v) is 4.94. The number of nitrogens with one attached hydrogen (secondary N) is 1. The molecule has 0 aromatic carbocycles. The first kappa shape index (κ1) is 10.8. The minimum Gasteiger partial charge on any atom is -0.399 e. The Morgan fingerprint density at radius 1 is 1.79 bits per heavy atom. The lowest BCUT2D eigenvalue weighted by atomic mass is 10.2. The average molecular weight is 216 g/mol. The quantitative estimate of drug-likeness (QED) is 0.476. The molecule has 1 saturated heterocycles. The Bertz CT molecular complexity index is 289. The SMILES string of the molecule is CN=C1NC(/C(=N/OC)C(N)=O)CS1. The van der Waals surface area contributed by atoms with Crippen LogP contribution in [0, 0.1) is 0 Å². The zero-order valence-electron chi connectivity index (χ0n) is 7.98. The number of hydrogen-bond acceptors (Lipinski definition) is 5. The Morgan fingerprint density at radius 3 is 2.93 bits per heavy atom. The number of nitrogens with two attached hydrogens (primary N) is 1. The van der Waals surface area contributed by atoms with Crippen molar-refractivity contribution in [1.82, 2.24) is 5.32 Å². The van der Waals surface area contributed by atoms with Crippen LogP contribution in [0.2, 0.25) is 0 Å². The molecule has 1 aliphatic rings. The van der Waals surface area contributed by atoms with E-state index >= 15 is 0 Å². The van der Waals surface area contributed by atoms with Gasteiger partial charge in [0.25, 0.3) is 5.91 Å². The van der Waals surface area contributed by atoms with E-state index in [9.17, 15) is 4.79 Å². The zero-order chi connectivity index (χ0) is 10.6. The van der Waals surface area contributed by atoms with E-state index in [0.29, 0.717) is 5.75 Å². The summed E-state index contributed by atoms with van der Waals surface area (Å²) in [5.41, 5.74) is 5.34. The molecule has 0 radical (unpaired) electrons. The van der Waals surface area contributed by atoms with Crippen molar-refractivity contribution in [1.29, 1.82) is 0 Å². The predicted octanol–water partition coefficient (Wildman–Crippen LogP) is -0.835. The normalized spacial score (nSPS) is 24.9. The molecule has 0 saturated carbocycles. The van der Waals surface area contributed by atoms with Crippen molar-refractivity contribution < 1.29 is 9.63 Å². The summed E-state index contributed by atoms with van der Waals surface area (Å²) in [4.78, 5) is 19.5. The summed E-state index contributed by atoms with van der Waals surface area (Å²) in [6, 6.07) is -0.212. The van der Waals surface area contributed by atoms with Crippen molar-refractivity contribution in [3.63, 3.8) is 0 Å². The number of oxime groups is 1. The van der Waals surface area contributed by atoms with Gasteiger partial charge in [0.1, 0.15) is 7.11 Å². The summed E-state index contributed by atoms with van der Waals surface area (Å²) in [6.45, 7) is 0. The van der Waals surface area contributed by atoms with Crippen LogP contribution in [0.25, 0.3) is 0 Å². The highest BCUT2D eigenvalue weighted by Gasteiger charge is 2.28. The van der Waals surface area contributed by atoms with Crippen LogP contribution in [0.5, 0.6) is 0 Å². The monoisotopic (exact) mass is 216 g/mol. The topological polar surface area (TPSA) is 89.1 Å². The van der Waals surface area contributed by atoms with Crippen LogP contribution in [0.3, 0.4) is 0 Å². The van der Waals surface area contributed by atoms with Crippen molar-refractivity contribution in [2.45, 2.75) is 6.04 Å². The fraction of sp³-hybridized carbons (Fsp3) is 0.571. The molecule has 0 aromatic rings. The lowest BCUT2D eigenvalue weighted by Gasteiger charge is -2.08. The molecule has 6 nitrogen and oxygen atoms in total. The number of nitrogens with zero attached hydrogens (tertiary/aromatic N) is 2. The Labute approximate surface area is 86.0 Å². The fourth-order valence-electron chi connectivity index (χ4n) is 1.05. The van der Waals surface area contributed by atoms with Crippen LogP contribution in [0.4, 0.5) is 0 Å². The summed E-state index contributed by atoms with van der Waals surface area (Å²) in [5, 5.41) is 7.37. The van der Waals surface area contributed by atoms with Gasteiger partial charge < -0.3 is 15.9 Å². The van der Waals surface area contributed by atoms with Crippen LogP contribution in [0.15, 0.2) is 10.1 Å². The molecule has 0 aromatic heterocycles. The van der Waals surface area contributed by atoms with Crippen LogP contribution < -0.4 is 11.1 Å². The maximum Gasteiger partial charge on any atom is 0.268 e. The Morgan fingerprint density at radius 2 is 2.50 bits per heavy atom. The van der Waals surface area contributed by atoms with Crippen LogP contribution in [-0.2, 0) is 9.63 Å². The average Bonchev–Trinajstić information content (AvgIpc) is 2.61. The van der Waals surface area contributed by atoms with E-state index in [1.807, 2.05) is 0 Å². The largest absolute Gasteiger partial charge is 0.399 e. The van der Waals surface area contributed by atoms with Gasteiger partial charge >= 0.3 is 0 Å². The molecule has 1 atom stereocenters. The molecule has 14 heavy (non-hydrogen) atoms. The van der Waals surface area contributed by atoms with Crippen molar-refractivity contribution >= 4 is 28.5 Å². The molecule has 1 unspecified atom stereocenters. The fourth-order valence-corrected chi connectivity index (χ4v) is 1.97. The molecule has 78 valence electrons. The maximum atomic E-state index is 11.0. The third-order valence-corrected chi connectivity index (χ3v) is 2.73.